The number of nitrogens with two attached hydrogens (primary N) is 1. The van der Waals surface area contributed by atoms with Gasteiger partial charge < -0.3 is 16.0 Å². The number of nitrogen functional groups attached to an aromatic ring is 1. The Morgan fingerprint density at radius 1 is 1.19 bits per heavy atom. The van der Waals surface area contributed by atoms with Crippen molar-refractivity contribution < 1.29 is 4.79 Å². The summed E-state index contributed by atoms with van der Waals surface area (Å²) in [5.74, 6) is 0.0689. The van der Waals surface area contributed by atoms with E-state index in [4.69, 9.17) is 5.73 Å². The van der Waals surface area contributed by atoms with Crippen LogP contribution in [0.4, 0.5) is 17.1 Å². The molecule has 3 aliphatic rings. The molecule has 21 heavy (non-hydrogen) atoms. The molecule has 1 unspecified atom stereocenters. The number of hydrogen-bond acceptors (Lipinski definition) is 4. The minimum atomic E-state index is 0.0689. The molecule has 3 heterocycles. The van der Waals surface area contributed by atoms with Crippen LogP contribution < -0.4 is 16.0 Å². The summed E-state index contributed by atoms with van der Waals surface area (Å²) in [6.07, 6.45) is 4.24. The maximum Gasteiger partial charge on any atom is 0.228 e. The molecule has 0 spiro atoms. The normalized spacial score (nSPS) is 25.4. The Balaban J connectivity index is 1.63. The molecule has 1 aromatic carbocycles. The molecule has 112 valence electrons. The second-order valence-electron chi connectivity index (χ2n) is 6.42. The number of carbonyl (C=O) groups is 1. The molecule has 3 aliphatic heterocycles. The second kappa shape index (κ2) is 4.91. The first-order valence-electron chi connectivity index (χ1n) is 7.92. The average Bonchev–Trinajstić information content (AvgIpc) is 2.97. The fraction of sp³-hybridized carbons (Fsp3) is 0.562. The summed E-state index contributed by atoms with van der Waals surface area (Å²) >= 11 is 0. The number of nitrogens with one attached hydrogen (secondary N) is 1. The first-order valence-corrected chi connectivity index (χ1v) is 7.92. The number of fused-ring (bicyclic) bond motifs is 2. The smallest absolute Gasteiger partial charge is 0.228 e. The Kier molecular flexibility index (Phi) is 3.03. The van der Waals surface area contributed by atoms with Crippen molar-refractivity contribution in [1.82, 2.24) is 4.90 Å². The summed E-state index contributed by atoms with van der Waals surface area (Å²) in [4.78, 5) is 16.6. The number of amides is 1. The standard InChI is InChI=1S/C16H22N4O/c17-13-7-11-8-16(21)18-14(11)9-15(13)20-6-2-5-19-4-1-3-12(19)10-20/h7,9,12H,1-6,8,10,17H2,(H,18,21). The van der Waals surface area contributed by atoms with E-state index in [9.17, 15) is 4.79 Å². The lowest BCUT2D eigenvalue weighted by Crippen LogP contribution is -2.36. The fourth-order valence-corrected chi connectivity index (χ4v) is 3.98. The van der Waals surface area contributed by atoms with Gasteiger partial charge in [0.1, 0.15) is 0 Å². The molecular weight excluding hydrogens is 264 g/mol. The van der Waals surface area contributed by atoms with E-state index in [1.807, 2.05) is 6.07 Å². The zero-order chi connectivity index (χ0) is 14.4. The van der Waals surface area contributed by atoms with Crippen LogP contribution in [0.3, 0.4) is 0 Å². The van der Waals surface area contributed by atoms with E-state index in [0.29, 0.717) is 12.5 Å². The van der Waals surface area contributed by atoms with Gasteiger partial charge in [0, 0.05) is 31.4 Å². The highest BCUT2D eigenvalue weighted by Crippen LogP contribution is 2.35. The van der Waals surface area contributed by atoms with Gasteiger partial charge in [-0.15, -0.1) is 0 Å². The van der Waals surface area contributed by atoms with E-state index in [1.54, 1.807) is 0 Å². The molecule has 0 saturated carbocycles. The van der Waals surface area contributed by atoms with E-state index >= 15 is 0 Å². The van der Waals surface area contributed by atoms with Crippen LogP contribution in [-0.2, 0) is 11.2 Å². The Hall–Kier alpha value is -1.75. The van der Waals surface area contributed by atoms with Crippen molar-refractivity contribution in [3.63, 3.8) is 0 Å². The van der Waals surface area contributed by atoms with Gasteiger partial charge in [0.2, 0.25) is 5.91 Å². The van der Waals surface area contributed by atoms with Crippen LogP contribution >= 0.6 is 0 Å². The Morgan fingerprint density at radius 2 is 2.05 bits per heavy atom. The quantitative estimate of drug-likeness (QED) is 0.767. The topological polar surface area (TPSA) is 61.6 Å². The molecule has 1 aromatic rings. The molecule has 1 atom stereocenters. The number of carbonyl (C=O) groups excluding carboxylic acids is 1. The van der Waals surface area contributed by atoms with E-state index in [-0.39, 0.29) is 5.91 Å². The highest BCUT2D eigenvalue weighted by atomic mass is 16.1. The van der Waals surface area contributed by atoms with Gasteiger partial charge in [0.05, 0.1) is 17.8 Å². The van der Waals surface area contributed by atoms with Crippen LogP contribution in [0.25, 0.3) is 0 Å². The molecule has 3 N–H and O–H groups in total. The third-order valence-electron chi connectivity index (χ3n) is 5.02. The van der Waals surface area contributed by atoms with Crippen molar-refractivity contribution in [2.24, 2.45) is 0 Å². The monoisotopic (exact) mass is 286 g/mol. The molecule has 0 aromatic heterocycles. The molecule has 0 bridgehead atoms. The zero-order valence-corrected chi connectivity index (χ0v) is 12.3. The van der Waals surface area contributed by atoms with E-state index < -0.39 is 0 Å². The zero-order valence-electron chi connectivity index (χ0n) is 12.3. The summed E-state index contributed by atoms with van der Waals surface area (Å²) in [6.45, 7) is 4.54. The van der Waals surface area contributed by atoms with Crippen molar-refractivity contribution >= 4 is 23.0 Å². The van der Waals surface area contributed by atoms with Crippen LogP contribution in [0, 0.1) is 0 Å². The molecule has 1 amide bonds. The van der Waals surface area contributed by atoms with E-state index in [2.05, 4.69) is 21.2 Å². The third-order valence-corrected chi connectivity index (χ3v) is 5.02. The van der Waals surface area contributed by atoms with Crippen molar-refractivity contribution in [2.75, 3.05) is 42.1 Å². The van der Waals surface area contributed by atoms with Crippen molar-refractivity contribution in [2.45, 2.75) is 31.7 Å². The van der Waals surface area contributed by atoms with Crippen LogP contribution in [0.2, 0.25) is 0 Å². The highest BCUT2D eigenvalue weighted by molar-refractivity contribution is 6.00. The van der Waals surface area contributed by atoms with Gasteiger partial charge in [-0.3, -0.25) is 9.69 Å². The van der Waals surface area contributed by atoms with Crippen molar-refractivity contribution in [3.8, 4) is 0 Å². The van der Waals surface area contributed by atoms with Crippen LogP contribution in [0.15, 0.2) is 12.1 Å². The number of rotatable bonds is 1. The summed E-state index contributed by atoms with van der Waals surface area (Å²) in [5.41, 5.74) is 10.1. The van der Waals surface area contributed by atoms with E-state index in [1.165, 1.54) is 32.4 Å². The largest absolute Gasteiger partial charge is 0.397 e. The molecule has 2 saturated heterocycles. The van der Waals surface area contributed by atoms with Gasteiger partial charge in [0.25, 0.3) is 0 Å². The van der Waals surface area contributed by atoms with Gasteiger partial charge in [-0.05, 0) is 43.5 Å². The number of benzene rings is 1. The summed E-state index contributed by atoms with van der Waals surface area (Å²) in [5, 5.41) is 2.93. The van der Waals surface area contributed by atoms with Crippen LogP contribution in [0.5, 0.6) is 0 Å². The van der Waals surface area contributed by atoms with Crippen molar-refractivity contribution in [1.29, 1.82) is 0 Å². The minimum absolute atomic E-state index is 0.0689. The predicted molar refractivity (Wildman–Crippen MR) is 84.6 cm³/mol. The SMILES string of the molecule is Nc1cc2c(cc1N1CCCN3CCCC3C1)NC(=O)C2. The molecule has 0 aliphatic carbocycles. The fourth-order valence-electron chi connectivity index (χ4n) is 3.98. The summed E-state index contributed by atoms with van der Waals surface area (Å²) in [7, 11) is 0. The highest BCUT2D eigenvalue weighted by Gasteiger charge is 2.30. The number of nitrogens with zero attached hydrogens (tertiary/aromatic N) is 2. The van der Waals surface area contributed by atoms with E-state index in [0.717, 1.165) is 35.7 Å². The molecule has 0 radical (unpaired) electrons. The molecular formula is C16H22N4O. The first kappa shape index (κ1) is 13.0. The lowest BCUT2D eigenvalue weighted by molar-refractivity contribution is -0.115. The molecule has 5 nitrogen and oxygen atoms in total. The third kappa shape index (κ3) is 2.25. The van der Waals surface area contributed by atoms with Crippen LogP contribution in [-0.4, -0.2) is 43.0 Å². The first-order chi connectivity index (χ1) is 10.2. The molecule has 5 heteroatoms. The second-order valence-corrected chi connectivity index (χ2v) is 6.42. The maximum atomic E-state index is 11.5. The summed E-state index contributed by atoms with van der Waals surface area (Å²) < 4.78 is 0. The number of anilines is 3. The molecule has 2 fully saturated rings. The predicted octanol–water partition coefficient (Wildman–Crippen LogP) is 1.44. The van der Waals surface area contributed by atoms with Crippen LogP contribution in [0.1, 0.15) is 24.8 Å². The summed E-state index contributed by atoms with van der Waals surface area (Å²) in [6, 6.07) is 4.70. The van der Waals surface area contributed by atoms with Gasteiger partial charge in [-0.25, -0.2) is 0 Å². The van der Waals surface area contributed by atoms with Crippen molar-refractivity contribution in [3.05, 3.63) is 17.7 Å². The van der Waals surface area contributed by atoms with Gasteiger partial charge in [-0.1, -0.05) is 0 Å². The van der Waals surface area contributed by atoms with Gasteiger partial charge in [0.15, 0.2) is 0 Å². The van der Waals surface area contributed by atoms with Gasteiger partial charge >= 0.3 is 0 Å². The maximum absolute atomic E-state index is 11.5. The van der Waals surface area contributed by atoms with Gasteiger partial charge in [-0.2, -0.15) is 0 Å². The average molecular weight is 286 g/mol. The lowest BCUT2D eigenvalue weighted by Gasteiger charge is -2.28. The minimum Gasteiger partial charge on any atom is -0.397 e. The molecule has 4 rings (SSSR count). The Labute approximate surface area is 125 Å². The number of hydrogen-bond donors (Lipinski definition) is 2. The Morgan fingerprint density at radius 3 is 2.95 bits per heavy atom. The lowest BCUT2D eigenvalue weighted by atomic mass is 10.1. The Bertz CT molecular complexity index is 586.